The van der Waals surface area contributed by atoms with E-state index in [4.69, 9.17) is 0 Å². The minimum atomic E-state index is -0.498. The highest BCUT2D eigenvalue weighted by atomic mass is 16.6. The second-order valence-electron chi connectivity index (χ2n) is 3.21. The Balaban J connectivity index is 2.66. The van der Waals surface area contributed by atoms with Crippen LogP contribution in [0, 0.1) is 5.92 Å². The molecule has 0 saturated heterocycles. The molecule has 1 aliphatic carbocycles. The molecule has 0 bridgehead atoms. The fourth-order valence-electron chi connectivity index (χ4n) is 1.45. The molecule has 0 radical (unpaired) electrons. The van der Waals surface area contributed by atoms with Crippen molar-refractivity contribution in [1.29, 1.82) is 0 Å². The van der Waals surface area contributed by atoms with Gasteiger partial charge in [-0.15, -0.1) is 0 Å². The second kappa shape index (κ2) is 3.87. The third kappa shape index (κ3) is 1.95. The molecule has 0 aliphatic heterocycles. The maximum atomic E-state index is 9.45. The molecule has 0 aromatic carbocycles. The SMILES string of the molecule is CO/N=C1\C[C@H](O)C[C@H](O)C1C. The number of aliphatic hydroxyl groups is 2. The summed E-state index contributed by atoms with van der Waals surface area (Å²) in [6.07, 6.45) is -0.0385. The Hall–Kier alpha value is -0.610. The Kier molecular flexibility index (Phi) is 3.05. The van der Waals surface area contributed by atoms with E-state index in [9.17, 15) is 10.2 Å². The van der Waals surface area contributed by atoms with Crippen LogP contribution in [-0.4, -0.2) is 35.2 Å². The number of hydrogen-bond acceptors (Lipinski definition) is 4. The molecule has 0 aromatic rings. The average Bonchev–Trinajstić information content (AvgIpc) is 2.00. The lowest BCUT2D eigenvalue weighted by molar-refractivity contribution is 0.0490. The van der Waals surface area contributed by atoms with Crippen molar-refractivity contribution in [3.05, 3.63) is 0 Å². The second-order valence-corrected chi connectivity index (χ2v) is 3.21. The Bertz CT molecular complexity index is 181. The maximum Gasteiger partial charge on any atom is 0.106 e. The first-order chi connectivity index (χ1) is 5.65. The number of nitrogens with zero attached hydrogens (tertiary/aromatic N) is 1. The quantitative estimate of drug-likeness (QED) is 0.554. The summed E-state index contributed by atoms with van der Waals surface area (Å²) in [7, 11) is 1.47. The van der Waals surface area contributed by atoms with Gasteiger partial charge in [0.2, 0.25) is 0 Å². The van der Waals surface area contributed by atoms with Crippen molar-refractivity contribution in [3.8, 4) is 0 Å². The zero-order valence-electron chi connectivity index (χ0n) is 7.40. The Labute approximate surface area is 71.8 Å². The smallest absolute Gasteiger partial charge is 0.106 e. The maximum absolute atomic E-state index is 9.45. The van der Waals surface area contributed by atoms with E-state index in [1.165, 1.54) is 7.11 Å². The topological polar surface area (TPSA) is 62.0 Å². The molecule has 4 nitrogen and oxygen atoms in total. The monoisotopic (exact) mass is 173 g/mol. The van der Waals surface area contributed by atoms with Gasteiger partial charge in [-0.1, -0.05) is 12.1 Å². The van der Waals surface area contributed by atoms with Crippen molar-refractivity contribution < 1.29 is 15.1 Å². The van der Waals surface area contributed by atoms with Crippen molar-refractivity contribution in [2.75, 3.05) is 7.11 Å². The average molecular weight is 173 g/mol. The van der Waals surface area contributed by atoms with Gasteiger partial charge in [-0.2, -0.15) is 0 Å². The lowest BCUT2D eigenvalue weighted by Gasteiger charge is -2.28. The van der Waals surface area contributed by atoms with Crippen molar-refractivity contribution in [3.63, 3.8) is 0 Å². The van der Waals surface area contributed by atoms with Crippen LogP contribution >= 0.6 is 0 Å². The van der Waals surface area contributed by atoms with Crippen LogP contribution in [0.5, 0.6) is 0 Å². The Morgan fingerprint density at radius 1 is 1.50 bits per heavy atom. The molecule has 1 saturated carbocycles. The predicted molar refractivity (Wildman–Crippen MR) is 44.9 cm³/mol. The summed E-state index contributed by atoms with van der Waals surface area (Å²) < 4.78 is 0. The van der Waals surface area contributed by atoms with Gasteiger partial charge in [-0.25, -0.2) is 0 Å². The van der Waals surface area contributed by atoms with Gasteiger partial charge in [0.25, 0.3) is 0 Å². The van der Waals surface area contributed by atoms with Crippen LogP contribution in [-0.2, 0) is 4.84 Å². The van der Waals surface area contributed by atoms with Crippen LogP contribution in [0.2, 0.25) is 0 Å². The molecule has 1 fully saturated rings. The van der Waals surface area contributed by atoms with Gasteiger partial charge in [0.05, 0.1) is 17.9 Å². The molecule has 0 spiro atoms. The minimum absolute atomic E-state index is 0.00616. The number of hydrogen-bond donors (Lipinski definition) is 2. The van der Waals surface area contributed by atoms with E-state index in [1.54, 1.807) is 0 Å². The minimum Gasteiger partial charge on any atom is -0.399 e. The van der Waals surface area contributed by atoms with Crippen LogP contribution in [0.25, 0.3) is 0 Å². The van der Waals surface area contributed by atoms with E-state index in [0.717, 1.165) is 5.71 Å². The van der Waals surface area contributed by atoms with Crippen LogP contribution in [0.15, 0.2) is 5.16 Å². The molecule has 70 valence electrons. The van der Waals surface area contributed by atoms with Gasteiger partial charge in [0.15, 0.2) is 0 Å². The first-order valence-corrected chi connectivity index (χ1v) is 4.11. The molecule has 0 aromatic heterocycles. The van der Waals surface area contributed by atoms with Crippen molar-refractivity contribution in [2.24, 2.45) is 11.1 Å². The molecule has 1 aliphatic rings. The standard InChI is InChI=1S/C8H15NO3/c1-5-7(9-12-2)3-6(10)4-8(5)11/h5-6,8,10-11H,3-4H2,1-2H3/b9-7+/t5?,6-,8-/m0/s1. The Morgan fingerprint density at radius 2 is 2.17 bits per heavy atom. The van der Waals surface area contributed by atoms with Gasteiger partial charge >= 0.3 is 0 Å². The van der Waals surface area contributed by atoms with Gasteiger partial charge in [-0.05, 0) is 0 Å². The largest absolute Gasteiger partial charge is 0.399 e. The summed E-state index contributed by atoms with van der Waals surface area (Å²) in [5.74, 6) is -0.00616. The van der Waals surface area contributed by atoms with E-state index >= 15 is 0 Å². The van der Waals surface area contributed by atoms with Crippen molar-refractivity contribution in [1.82, 2.24) is 0 Å². The molecule has 4 heteroatoms. The zero-order chi connectivity index (χ0) is 9.14. The third-order valence-corrected chi connectivity index (χ3v) is 2.27. The molecule has 12 heavy (non-hydrogen) atoms. The first kappa shape index (κ1) is 9.48. The fourth-order valence-corrected chi connectivity index (χ4v) is 1.45. The van der Waals surface area contributed by atoms with E-state index in [2.05, 4.69) is 9.99 Å². The molecule has 3 atom stereocenters. The zero-order valence-corrected chi connectivity index (χ0v) is 7.40. The van der Waals surface area contributed by atoms with Crippen molar-refractivity contribution >= 4 is 5.71 Å². The van der Waals surface area contributed by atoms with Gasteiger partial charge in [0.1, 0.15) is 7.11 Å². The summed E-state index contributed by atoms with van der Waals surface area (Å²) in [5, 5.41) is 22.5. The highest BCUT2D eigenvalue weighted by Gasteiger charge is 2.30. The van der Waals surface area contributed by atoms with Gasteiger partial charge in [-0.3, -0.25) is 0 Å². The van der Waals surface area contributed by atoms with Gasteiger partial charge in [0, 0.05) is 18.8 Å². The summed E-state index contributed by atoms with van der Waals surface area (Å²) in [6.45, 7) is 1.88. The van der Waals surface area contributed by atoms with E-state index in [-0.39, 0.29) is 5.92 Å². The summed E-state index contributed by atoms with van der Waals surface area (Å²) in [4.78, 5) is 4.61. The van der Waals surface area contributed by atoms with E-state index < -0.39 is 12.2 Å². The van der Waals surface area contributed by atoms with Crippen LogP contribution in [0.1, 0.15) is 19.8 Å². The molecule has 1 unspecified atom stereocenters. The Morgan fingerprint density at radius 3 is 2.75 bits per heavy atom. The highest BCUT2D eigenvalue weighted by Crippen LogP contribution is 2.22. The first-order valence-electron chi connectivity index (χ1n) is 4.11. The number of aliphatic hydroxyl groups excluding tert-OH is 2. The molecule has 1 rings (SSSR count). The number of rotatable bonds is 1. The van der Waals surface area contributed by atoms with Crippen molar-refractivity contribution in [2.45, 2.75) is 32.0 Å². The molecule has 2 N–H and O–H groups in total. The van der Waals surface area contributed by atoms with Crippen LogP contribution in [0.3, 0.4) is 0 Å². The predicted octanol–water partition coefficient (Wildman–Crippen LogP) is 0.141. The lowest BCUT2D eigenvalue weighted by atomic mass is 9.84. The van der Waals surface area contributed by atoms with Crippen LogP contribution < -0.4 is 0 Å². The normalized spacial score (nSPS) is 40.0. The third-order valence-electron chi connectivity index (χ3n) is 2.27. The van der Waals surface area contributed by atoms with Gasteiger partial charge < -0.3 is 15.1 Å². The number of oxime groups is 1. The lowest BCUT2D eigenvalue weighted by Crippen LogP contribution is -2.37. The highest BCUT2D eigenvalue weighted by molar-refractivity contribution is 5.87. The summed E-state index contributed by atoms with van der Waals surface area (Å²) in [5.41, 5.74) is 0.740. The molecular formula is C8H15NO3. The van der Waals surface area contributed by atoms with E-state index in [1.807, 2.05) is 6.92 Å². The molecule has 0 amide bonds. The van der Waals surface area contributed by atoms with Crippen LogP contribution in [0.4, 0.5) is 0 Å². The molecular weight excluding hydrogens is 158 g/mol. The fraction of sp³-hybridized carbons (Fsp3) is 0.875. The summed E-state index contributed by atoms with van der Waals surface area (Å²) in [6, 6.07) is 0. The van der Waals surface area contributed by atoms with E-state index in [0.29, 0.717) is 12.8 Å². The molecule has 0 heterocycles. The summed E-state index contributed by atoms with van der Waals surface area (Å²) >= 11 is 0.